The number of alkyl halides is 3. The van der Waals surface area contributed by atoms with Gasteiger partial charge in [0.2, 0.25) is 0 Å². The van der Waals surface area contributed by atoms with Crippen LogP contribution in [0.25, 0.3) is 12.2 Å². The van der Waals surface area contributed by atoms with Crippen molar-refractivity contribution in [3.05, 3.63) is 65.7 Å². The molecule has 1 nitrogen and oxygen atoms in total. The Morgan fingerprint density at radius 3 is 1.79 bits per heavy atom. The Morgan fingerprint density at radius 2 is 1.26 bits per heavy atom. The lowest BCUT2D eigenvalue weighted by molar-refractivity contribution is -0.274. The number of halogens is 3. The maximum absolute atomic E-state index is 12.0. The van der Waals surface area contributed by atoms with E-state index in [2.05, 4.69) is 4.74 Å². The molecule has 0 heterocycles. The Kier molecular flexibility index (Phi) is 3.90. The number of benzene rings is 2. The second kappa shape index (κ2) is 5.61. The third kappa shape index (κ3) is 4.50. The third-order valence-corrected chi connectivity index (χ3v) is 2.38. The third-order valence-electron chi connectivity index (χ3n) is 2.38. The Balaban J connectivity index is 2.05. The molecule has 0 saturated heterocycles. The molecule has 2 aromatic carbocycles. The summed E-state index contributed by atoms with van der Waals surface area (Å²) in [7, 11) is 0. The summed E-state index contributed by atoms with van der Waals surface area (Å²) in [5, 5.41) is 0. The van der Waals surface area contributed by atoms with Gasteiger partial charge in [0, 0.05) is 0 Å². The maximum atomic E-state index is 12.0. The van der Waals surface area contributed by atoms with Gasteiger partial charge in [0.25, 0.3) is 0 Å². The largest absolute Gasteiger partial charge is 0.573 e. The van der Waals surface area contributed by atoms with Crippen molar-refractivity contribution < 1.29 is 17.9 Å². The van der Waals surface area contributed by atoms with Crippen LogP contribution < -0.4 is 4.74 Å². The molecule has 98 valence electrons. The van der Waals surface area contributed by atoms with Gasteiger partial charge in [0.15, 0.2) is 0 Å². The van der Waals surface area contributed by atoms with E-state index in [4.69, 9.17) is 0 Å². The smallest absolute Gasteiger partial charge is 0.406 e. The van der Waals surface area contributed by atoms with Crippen molar-refractivity contribution in [1.82, 2.24) is 0 Å². The monoisotopic (exact) mass is 264 g/mol. The van der Waals surface area contributed by atoms with Crippen LogP contribution >= 0.6 is 0 Å². The molecule has 0 bridgehead atoms. The summed E-state index contributed by atoms with van der Waals surface area (Å²) < 4.78 is 39.7. The first-order valence-corrected chi connectivity index (χ1v) is 5.62. The van der Waals surface area contributed by atoms with Gasteiger partial charge in [-0.05, 0) is 23.3 Å². The van der Waals surface area contributed by atoms with Crippen LogP contribution in [0.3, 0.4) is 0 Å². The quantitative estimate of drug-likeness (QED) is 0.726. The van der Waals surface area contributed by atoms with Gasteiger partial charge in [0.1, 0.15) is 5.75 Å². The molecule has 0 saturated carbocycles. The first-order valence-electron chi connectivity index (χ1n) is 5.62. The van der Waals surface area contributed by atoms with Gasteiger partial charge in [-0.15, -0.1) is 13.2 Å². The van der Waals surface area contributed by atoms with Gasteiger partial charge >= 0.3 is 6.36 Å². The van der Waals surface area contributed by atoms with E-state index in [1.165, 1.54) is 12.1 Å². The molecule has 0 aromatic heterocycles. The predicted molar refractivity (Wildman–Crippen MR) is 68.5 cm³/mol. The molecule has 2 rings (SSSR count). The van der Waals surface area contributed by atoms with E-state index in [0.29, 0.717) is 0 Å². The van der Waals surface area contributed by atoms with Crippen molar-refractivity contribution >= 4 is 12.2 Å². The lowest BCUT2D eigenvalue weighted by Crippen LogP contribution is -2.16. The van der Waals surface area contributed by atoms with Crippen LogP contribution in [-0.2, 0) is 0 Å². The molecule has 0 aliphatic carbocycles. The molecule has 19 heavy (non-hydrogen) atoms. The number of hydrogen-bond donors (Lipinski definition) is 0. The summed E-state index contributed by atoms with van der Waals surface area (Å²) in [5.74, 6) is -0.218. The number of hydrogen-bond acceptors (Lipinski definition) is 1. The van der Waals surface area contributed by atoms with Crippen LogP contribution in [0.5, 0.6) is 5.75 Å². The average Bonchev–Trinajstić information content (AvgIpc) is 2.37. The second-order valence-electron chi connectivity index (χ2n) is 3.86. The Hall–Kier alpha value is -2.23. The lowest BCUT2D eigenvalue weighted by Gasteiger charge is -2.08. The van der Waals surface area contributed by atoms with Crippen LogP contribution in [0.2, 0.25) is 0 Å². The molecule has 0 N–H and O–H groups in total. The van der Waals surface area contributed by atoms with Crippen molar-refractivity contribution in [2.45, 2.75) is 6.36 Å². The van der Waals surface area contributed by atoms with E-state index in [1.807, 2.05) is 42.5 Å². The van der Waals surface area contributed by atoms with Crippen molar-refractivity contribution in [2.24, 2.45) is 0 Å². The highest BCUT2D eigenvalue weighted by atomic mass is 19.4. The van der Waals surface area contributed by atoms with Crippen molar-refractivity contribution in [1.29, 1.82) is 0 Å². The van der Waals surface area contributed by atoms with Gasteiger partial charge in [-0.2, -0.15) is 0 Å². The molecule has 0 amide bonds. The maximum Gasteiger partial charge on any atom is 0.573 e. The zero-order chi connectivity index (χ0) is 13.7. The average molecular weight is 264 g/mol. The molecule has 4 heteroatoms. The minimum atomic E-state index is -4.65. The minimum Gasteiger partial charge on any atom is -0.406 e. The molecular formula is C15H11F3O. The lowest BCUT2D eigenvalue weighted by atomic mass is 10.1. The van der Waals surface area contributed by atoms with E-state index >= 15 is 0 Å². The summed E-state index contributed by atoms with van der Waals surface area (Å²) >= 11 is 0. The molecule has 2 aromatic rings. The SMILES string of the molecule is FC(F)(F)Oc1ccc(/C=C\c2ccccc2)cc1. The fourth-order valence-corrected chi connectivity index (χ4v) is 1.54. The predicted octanol–water partition coefficient (Wildman–Crippen LogP) is 4.76. The molecule has 0 radical (unpaired) electrons. The van der Waals surface area contributed by atoms with Crippen LogP contribution in [-0.4, -0.2) is 6.36 Å². The van der Waals surface area contributed by atoms with E-state index < -0.39 is 6.36 Å². The Morgan fingerprint density at radius 1 is 0.737 bits per heavy atom. The fraction of sp³-hybridized carbons (Fsp3) is 0.0667. The summed E-state index contributed by atoms with van der Waals surface area (Å²) in [6, 6.07) is 15.4. The second-order valence-corrected chi connectivity index (χ2v) is 3.86. The van der Waals surface area contributed by atoms with E-state index in [1.54, 1.807) is 12.1 Å². The first-order chi connectivity index (χ1) is 9.03. The molecule has 0 spiro atoms. The fourth-order valence-electron chi connectivity index (χ4n) is 1.54. The number of rotatable bonds is 3. The van der Waals surface area contributed by atoms with Crippen LogP contribution in [0, 0.1) is 0 Å². The zero-order valence-corrected chi connectivity index (χ0v) is 9.89. The van der Waals surface area contributed by atoms with Crippen LogP contribution in [0.15, 0.2) is 54.6 Å². The van der Waals surface area contributed by atoms with Gasteiger partial charge < -0.3 is 4.74 Å². The molecule has 0 aliphatic rings. The highest BCUT2D eigenvalue weighted by Gasteiger charge is 2.30. The minimum absolute atomic E-state index is 0.218. The highest BCUT2D eigenvalue weighted by Crippen LogP contribution is 2.23. The Bertz CT molecular complexity index is 542. The standard InChI is InChI=1S/C15H11F3O/c16-15(17,18)19-14-10-8-13(9-11-14)7-6-12-4-2-1-3-5-12/h1-11H/b7-6-. The molecule has 0 aliphatic heterocycles. The summed E-state index contributed by atoms with van der Waals surface area (Å²) in [6.45, 7) is 0. The number of ether oxygens (including phenoxy) is 1. The van der Waals surface area contributed by atoms with E-state index in [0.717, 1.165) is 11.1 Å². The van der Waals surface area contributed by atoms with E-state index in [9.17, 15) is 13.2 Å². The van der Waals surface area contributed by atoms with E-state index in [-0.39, 0.29) is 5.75 Å². The van der Waals surface area contributed by atoms with Gasteiger partial charge in [0.05, 0.1) is 0 Å². The van der Waals surface area contributed by atoms with Crippen LogP contribution in [0.4, 0.5) is 13.2 Å². The van der Waals surface area contributed by atoms with Gasteiger partial charge in [-0.3, -0.25) is 0 Å². The highest BCUT2D eigenvalue weighted by molar-refractivity contribution is 5.69. The summed E-state index contributed by atoms with van der Waals surface area (Å²) in [6.07, 6.45) is -0.937. The molecule has 0 atom stereocenters. The molecule has 0 unspecified atom stereocenters. The van der Waals surface area contributed by atoms with Crippen molar-refractivity contribution in [3.8, 4) is 5.75 Å². The normalized spacial score (nSPS) is 11.7. The van der Waals surface area contributed by atoms with Gasteiger partial charge in [-0.1, -0.05) is 54.6 Å². The summed E-state index contributed by atoms with van der Waals surface area (Å²) in [4.78, 5) is 0. The van der Waals surface area contributed by atoms with Crippen molar-refractivity contribution in [2.75, 3.05) is 0 Å². The zero-order valence-electron chi connectivity index (χ0n) is 9.89. The molecule has 0 fully saturated rings. The van der Waals surface area contributed by atoms with Crippen molar-refractivity contribution in [3.63, 3.8) is 0 Å². The van der Waals surface area contributed by atoms with Gasteiger partial charge in [-0.25, -0.2) is 0 Å². The molecular weight excluding hydrogens is 253 g/mol. The van der Waals surface area contributed by atoms with Crippen LogP contribution in [0.1, 0.15) is 11.1 Å². The Labute approximate surface area is 109 Å². The first kappa shape index (κ1) is 13.2. The topological polar surface area (TPSA) is 9.23 Å². The summed E-state index contributed by atoms with van der Waals surface area (Å²) in [5.41, 5.74) is 1.83.